The third-order valence-corrected chi connectivity index (χ3v) is 7.97. The first-order chi connectivity index (χ1) is 14.9. The first kappa shape index (κ1) is 27.2. The Morgan fingerprint density at radius 1 is 0.677 bits per heavy atom. The van der Waals surface area contributed by atoms with Gasteiger partial charge in [-0.05, 0) is 24.0 Å². The van der Waals surface area contributed by atoms with Gasteiger partial charge in [0.15, 0.2) is 0 Å². The van der Waals surface area contributed by atoms with Crippen molar-refractivity contribution < 1.29 is 19.1 Å². The van der Waals surface area contributed by atoms with Gasteiger partial charge in [0, 0.05) is 12.8 Å². The maximum Gasteiger partial charge on any atom is 0.306 e. The molecule has 2 radical (unpaired) electrons. The number of esters is 2. The fourth-order valence-corrected chi connectivity index (χ4v) is 6.63. The van der Waals surface area contributed by atoms with Crippen LogP contribution in [0.2, 0.25) is 7.87 Å². The van der Waals surface area contributed by atoms with Gasteiger partial charge in [-0.1, -0.05) is 60.7 Å². The van der Waals surface area contributed by atoms with E-state index in [0.717, 1.165) is 19.0 Å². The minimum absolute atomic E-state index is 0.0389. The largest absolute Gasteiger partial charge is 0.461 e. The molecule has 4 nitrogen and oxygen atoms in total. The number of carbonyl (C=O) groups excluding carboxylic acids is 2. The van der Waals surface area contributed by atoms with Gasteiger partial charge in [0.1, 0.15) is 13.2 Å². The van der Waals surface area contributed by atoms with E-state index >= 15 is 0 Å². The Morgan fingerprint density at radius 2 is 1.03 bits per heavy atom. The van der Waals surface area contributed by atoms with E-state index in [1.54, 1.807) is 0 Å². The minimum Gasteiger partial charge on any atom is -0.461 e. The molecule has 0 atom stereocenters. The van der Waals surface area contributed by atoms with E-state index in [2.05, 4.69) is 27.7 Å². The van der Waals surface area contributed by atoms with E-state index in [1.165, 1.54) is 0 Å². The van der Waals surface area contributed by atoms with Crippen LogP contribution < -0.4 is 0 Å². The summed E-state index contributed by atoms with van der Waals surface area (Å²) < 4.78 is 12.5. The second-order valence-electron chi connectivity index (χ2n) is 7.98. The molecular formula is C26H36O4Sn. The number of hydrogen-bond donors (Lipinski definition) is 0. The van der Waals surface area contributed by atoms with Crippen molar-refractivity contribution in [2.75, 3.05) is 0 Å². The third-order valence-electron chi connectivity index (χ3n) is 4.16. The molecule has 2 aromatic carbocycles. The van der Waals surface area contributed by atoms with E-state index in [4.69, 9.17) is 9.47 Å². The molecule has 0 heterocycles. The van der Waals surface area contributed by atoms with E-state index in [-0.39, 0.29) is 33.1 Å². The number of carbonyl (C=O) groups is 2. The first-order valence-electron chi connectivity index (χ1n) is 11.0. The molecule has 0 unspecified atom stereocenters. The second kappa shape index (κ2) is 16.8. The number of rotatable bonds is 11. The van der Waals surface area contributed by atoms with Gasteiger partial charge in [0.2, 0.25) is 0 Å². The molecule has 5 heteroatoms. The Balaban J connectivity index is 0.000000592. The summed E-state index contributed by atoms with van der Waals surface area (Å²) in [6, 6.07) is 19.1. The molecule has 0 aliphatic carbocycles. The van der Waals surface area contributed by atoms with Gasteiger partial charge in [-0.15, -0.1) is 0 Å². The smallest absolute Gasteiger partial charge is 0.306 e. The number of benzene rings is 2. The second-order valence-corrected chi connectivity index (χ2v) is 15.5. The van der Waals surface area contributed by atoms with Crippen LogP contribution in [0, 0.1) is 0 Å². The number of hydrogen-bond acceptors (Lipinski definition) is 4. The summed E-state index contributed by atoms with van der Waals surface area (Å²) in [7, 11) is 0. The van der Waals surface area contributed by atoms with Crippen LogP contribution >= 0.6 is 0 Å². The minimum atomic E-state index is -0.239. The van der Waals surface area contributed by atoms with Crippen molar-refractivity contribution in [1.82, 2.24) is 0 Å². The maximum absolute atomic E-state index is 11.6. The summed E-state index contributed by atoms with van der Waals surface area (Å²) in [5.74, 6) is -0.479. The Hall–Kier alpha value is -1.82. The SMILES string of the molecule is C[CH](C)[Sn][CH](C)C.O=C(CCCCC(=O)OCc1ccccc1)OCc1ccccc1. The van der Waals surface area contributed by atoms with Gasteiger partial charge in [0.25, 0.3) is 0 Å². The van der Waals surface area contributed by atoms with Crippen LogP contribution in [-0.4, -0.2) is 33.1 Å². The Bertz CT molecular complexity index is 666. The van der Waals surface area contributed by atoms with Crippen molar-refractivity contribution >= 4 is 33.1 Å². The molecule has 2 aromatic rings. The molecule has 0 spiro atoms. The van der Waals surface area contributed by atoms with Gasteiger partial charge in [-0.2, -0.15) is 0 Å². The summed E-state index contributed by atoms with van der Waals surface area (Å²) in [6.07, 6.45) is 1.87. The maximum atomic E-state index is 11.6. The molecule has 0 fully saturated rings. The summed E-state index contributed by atoms with van der Waals surface area (Å²) in [5.41, 5.74) is 1.94. The average Bonchev–Trinajstić information content (AvgIpc) is 2.75. The van der Waals surface area contributed by atoms with Crippen molar-refractivity contribution in [1.29, 1.82) is 0 Å². The van der Waals surface area contributed by atoms with Crippen LogP contribution in [0.25, 0.3) is 0 Å². The molecule has 0 N–H and O–H groups in total. The van der Waals surface area contributed by atoms with Crippen molar-refractivity contribution in [2.24, 2.45) is 0 Å². The zero-order chi connectivity index (χ0) is 22.9. The monoisotopic (exact) mass is 532 g/mol. The summed E-state index contributed by atoms with van der Waals surface area (Å²) in [5, 5.41) is 0. The van der Waals surface area contributed by atoms with Gasteiger partial charge in [0.05, 0.1) is 0 Å². The summed E-state index contributed by atoms with van der Waals surface area (Å²) in [6.45, 7) is 9.94. The Kier molecular flexibility index (Phi) is 14.8. The van der Waals surface area contributed by atoms with Crippen LogP contribution in [0.1, 0.15) is 64.5 Å². The van der Waals surface area contributed by atoms with Crippen LogP contribution in [-0.2, 0) is 32.3 Å². The fraction of sp³-hybridized carbons (Fsp3) is 0.462. The van der Waals surface area contributed by atoms with E-state index < -0.39 is 0 Å². The number of ether oxygens (including phenoxy) is 2. The van der Waals surface area contributed by atoms with E-state index in [1.807, 2.05) is 60.7 Å². The third kappa shape index (κ3) is 15.6. The molecule has 0 aromatic heterocycles. The molecule has 0 saturated carbocycles. The molecule has 31 heavy (non-hydrogen) atoms. The van der Waals surface area contributed by atoms with E-state index in [0.29, 0.717) is 38.9 Å². The zero-order valence-corrected chi connectivity index (χ0v) is 22.2. The summed E-state index contributed by atoms with van der Waals surface area (Å²) >= 11 is 0.0389. The van der Waals surface area contributed by atoms with Crippen molar-refractivity contribution in [3.8, 4) is 0 Å². The fourth-order valence-electron chi connectivity index (χ4n) is 2.83. The predicted octanol–water partition coefficient (Wildman–Crippen LogP) is 6.38. The van der Waals surface area contributed by atoms with Crippen LogP contribution in [0.15, 0.2) is 60.7 Å². The number of unbranched alkanes of at least 4 members (excludes halogenated alkanes) is 1. The Morgan fingerprint density at radius 3 is 1.32 bits per heavy atom. The summed E-state index contributed by atoms with van der Waals surface area (Å²) in [4.78, 5) is 23.3. The molecule has 0 aliphatic rings. The molecule has 0 amide bonds. The van der Waals surface area contributed by atoms with Crippen molar-refractivity contribution in [3.05, 3.63) is 71.8 Å². The average molecular weight is 531 g/mol. The molecule has 2 rings (SSSR count). The van der Waals surface area contributed by atoms with Crippen molar-refractivity contribution in [3.63, 3.8) is 0 Å². The van der Waals surface area contributed by atoms with Crippen LogP contribution in [0.5, 0.6) is 0 Å². The molecule has 0 bridgehead atoms. The van der Waals surface area contributed by atoms with Crippen molar-refractivity contribution in [2.45, 2.75) is 74.5 Å². The first-order valence-corrected chi connectivity index (χ1v) is 14.3. The van der Waals surface area contributed by atoms with E-state index in [9.17, 15) is 9.59 Å². The molecule has 0 aliphatic heterocycles. The Labute approximate surface area is 197 Å². The van der Waals surface area contributed by atoms with Gasteiger partial charge >= 0.3 is 68.6 Å². The molecular weight excluding hydrogens is 495 g/mol. The van der Waals surface area contributed by atoms with Crippen LogP contribution in [0.3, 0.4) is 0 Å². The van der Waals surface area contributed by atoms with Gasteiger partial charge in [-0.25, -0.2) is 0 Å². The topological polar surface area (TPSA) is 52.6 Å². The normalized spacial score (nSPS) is 10.4. The standard InChI is InChI=1S/C20H22O4.2C3H7.Sn/c21-19(23-15-17-9-3-1-4-10-17)13-7-8-14-20(22)24-16-18-11-5-2-6-12-18;2*1-3-2;/h1-6,9-12H,7-8,13-16H2;2*3H,1-2H3;. The quantitative estimate of drug-likeness (QED) is 0.192. The van der Waals surface area contributed by atoms with Gasteiger partial charge < -0.3 is 9.47 Å². The molecule has 0 saturated heterocycles. The van der Waals surface area contributed by atoms with Gasteiger partial charge in [-0.3, -0.25) is 9.59 Å². The zero-order valence-electron chi connectivity index (χ0n) is 19.3. The molecule has 168 valence electrons. The van der Waals surface area contributed by atoms with Crippen LogP contribution in [0.4, 0.5) is 0 Å². The predicted molar refractivity (Wildman–Crippen MR) is 127 cm³/mol.